The number of benzene rings is 2. The highest BCUT2D eigenvalue weighted by Gasteiger charge is 2.21. The van der Waals surface area contributed by atoms with Crippen molar-refractivity contribution < 1.29 is 0 Å². The Morgan fingerprint density at radius 3 is 2.62 bits per heavy atom. The molecule has 1 N–H and O–H groups in total. The lowest BCUT2D eigenvalue weighted by Crippen LogP contribution is -2.19. The average Bonchev–Trinajstić information content (AvgIpc) is 3.30. The Morgan fingerprint density at radius 1 is 1.14 bits per heavy atom. The molecule has 0 saturated heterocycles. The topological polar surface area (TPSA) is 15.3 Å². The van der Waals surface area contributed by atoms with Crippen LogP contribution in [0.5, 0.6) is 0 Å². The molecule has 110 valence electrons. The van der Waals surface area contributed by atoms with E-state index in [1.54, 1.807) is 0 Å². The van der Waals surface area contributed by atoms with Crippen LogP contribution in [0.2, 0.25) is 0 Å². The Labute approximate surface area is 135 Å². The Balaban J connectivity index is 1.91. The van der Waals surface area contributed by atoms with Crippen LogP contribution >= 0.6 is 15.9 Å². The van der Waals surface area contributed by atoms with Gasteiger partial charge in [-0.25, -0.2) is 0 Å². The van der Waals surface area contributed by atoms with E-state index in [-0.39, 0.29) is 0 Å². The van der Waals surface area contributed by atoms with E-state index in [0.29, 0.717) is 0 Å². The van der Waals surface area contributed by atoms with Crippen molar-refractivity contribution in [1.29, 1.82) is 0 Å². The number of rotatable bonds is 5. The van der Waals surface area contributed by atoms with Crippen LogP contribution in [0.4, 0.5) is 11.4 Å². The number of halogens is 1. The average molecular weight is 345 g/mol. The highest BCUT2D eigenvalue weighted by molar-refractivity contribution is 9.10. The zero-order chi connectivity index (χ0) is 14.8. The summed E-state index contributed by atoms with van der Waals surface area (Å²) in [7, 11) is 2.14. The Morgan fingerprint density at radius 2 is 1.90 bits per heavy atom. The van der Waals surface area contributed by atoms with E-state index in [1.807, 2.05) is 0 Å². The molecule has 2 aromatic carbocycles. The molecule has 0 aliphatic heterocycles. The van der Waals surface area contributed by atoms with Crippen molar-refractivity contribution in [1.82, 2.24) is 5.32 Å². The smallest absolute Gasteiger partial charge is 0.0465 e. The third kappa shape index (κ3) is 3.47. The van der Waals surface area contributed by atoms with Crippen LogP contribution in [-0.4, -0.2) is 13.1 Å². The van der Waals surface area contributed by atoms with Crippen molar-refractivity contribution in [2.45, 2.75) is 32.4 Å². The normalized spacial score (nSPS) is 14.2. The van der Waals surface area contributed by atoms with Crippen LogP contribution in [0.25, 0.3) is 0 Å². The molecular weight excluding hydrogens is 324 g/mol. The fourth-order valence-corrected chi connectivity index (χ4v) is 2.96. The van der Waals surface area contributed by atoms with Crippen LogP contribution in [0.15, 0.2) is 46.9 Å². The number of nitrogens with zero attached hydrogens (tertiary/aromatic N) is 1. The van der Waals surface area contributed by atoms with Gasteiger partial charge in [-0.15, -0.1) is 0 Å². The molecule has 0 atom stereocenters. The number of para-hydroxylation sites is 1. The van der Waals surface area contributed by atoms with E-state index < -0.39 is 0 Å². The molecule has 3 rings (SSSR count). The predicted octanol–water partition coefficient (Wildman–Crippen LogP) is 4.78. The first-order valence-corrected chi connectivity index (χ1v) is 8.25. The van der Waals surface area contributed by atoms with Gasteiger partial charge >= 0.3 is 0 Å². The molecule has 0 aromatic heterocycles. The summed E-state index contributed by atoms with van der Waals surface area (Å²) in [4.78, 5) is 2.28. The van der Waals surface area contributed by atoms with E-state index in [1.165, 1.54) is 35.3 Å². The van der Waals surface area contributed by atoms with Gasteiger partial charge in [0.25, 0.3) is 0 Å². The van der Waals surface area contributed by atoms with Gasteiger partial charge < -0.3 is 10.2 Å². The second kappa shape index (κ2) is 6.20. The maximum atomic E-state index is 3.61. The second-order valence-corrected chi connectivity index (χ2v) is 6.69. The molecule has 1 fully saturated rings. The van der Waals surface area contributed by atoms with E-state index in [9.17, 15) is 0 Å². The van der Waals surface area contributed by atoms with Crippen LogP contribution in [0, 0.1) is 6.92 Å². The number of nitrogens with one attached hydrogen (secondary N) is 1. The largest absolute Gasteiger partial charge is 0.344 e. The van der Waals surface area contributed by atoms with Crippen LogP contribution in [0.3, 0.4) is 0 Å². The fraction of sp³-hybridized carbons (Fsp3) is 0.333. The minimum Gasteiger partial charge on any atom is -0.344 e. The molecule has 1 saturated carbocycles. The lowest BCUT2D eigenvalue weighted by molar-refractivity contribution is 0.687. The fourth-order valence-electron chi connectivity index (χ4n) is 2.61. The lowest BCUT2D eigenvalue weighted by atomic mass is 10.1. The summed E-state index contributed by atoms with van der Waals surface area (Å²) in [5.74, 6) is 0. The summed E-state index contributed by atoms with van der Waals surface area (Å²) in [6, 6.07) is 15.8. The Kier molecular flexibility index (Phi) is 4.32. The summed E-state index contributed by atoms with van der Waals surface area (Å²) in [6.45, 7) is 3.09. The molecule has 3 heteroatoms. The maximum Gasteiger partial charge on any atom is 0.0465 e. The monoisotopic (exact) mass is 344 g/mol. The van der Waals surface area contributed by atoms with E-state index in [2.05, 4.69) is 82.6 Å². The molecule has 21 heavy (non-hydrogen) atoms. The zero-order valence-corrected chi connectivity index (χ0v) is 14.2. The number of anilines is 2. The van der Waals surface area contributed by atoms with Crippen molar-refractivity contribution in [2.75, 3.05) is 11.9 Å². The summed E-state index contributed by atoms with van der Waals surface area (Å²) in [5, 5.41) is 3.61. The highest BCUT2D eigenvalue weighted by Crippen LogP contribution is 2.32. The molecular formula is C18H21BrN2. The van der Waals surface area contributed by atoms with Gasteiger partial charge in [-0.3, -0.25) is 0 Å². The zero-order valence-electron chi connectivity index (χ0n) is 12.6. The van der Waals surface area contributed by atoms with Crippen molar-refractivity contribution in [3.05, 3.63) is 58.1 Å². The minimum atomic E-state index is 0.727. The van der Waals surface area contributed by atoms with E-state index in [0.717, 1.165) is 17.1 Å². The van der Waals surface area contributed by atoms with Crippen LogP contribution in [0.1, 0.15) is 24.0 Å². The molecule has 0 heterocycles. The highest BCUT2D eigenvalue weighted by atomic mass is 79.9. The van der Waals surface area contributed by atoms with Gasteiger partial charge in [0.2, 0.25) is 0 Å². The first-order valence-electron chi connectivity index (χ1n) is 7.46. The third-order valence-corrected chi connectivity index (χ3v) is 4.54. The SMILES string of the molecule is Cc1ccccc1N(C)c1cc(Br)ccc1CNC1CC1. The third-order valence-electron chi connectivity index (χ3n) is 4.04. The van der Waals surface area contributed by atoms with Gasteiger partial charge in [0.15, 0.2) is 0 Å². The molecule has 1 aliphatic rings. The second-order valence-electron chi connectivity index (χ2n) is 5.77. The van der Waals surface area contributed by atoms with Gasteiger partial charge in [0, 0.05) is 35.5 Å². The molecule has 0 unspecified atom stereocenters. The van der Waals surface area contributed by atoms with Crippen molar-refractivity contribution >= 4 is 27.3 Å². The predicted molar refractivity (Wildman–Crippen MR) is 93.2 cm³/mol. The Hall–Kier alpha value is -1.32. The molecule has 0 bridgehead atoms. The summed E-state index contributed by atoms with van der Waals surface area (Å²) < 4.78 is 1.12. The van der Waals surface area contributed by atoms with Gasteiger partial charge in [0.1, 0.15) is 0 Å². The molecule has 1 aliphatic carbocycles. The minimum absolute atomic E-state index is 0.727. The summed E-state index contributed by atoms with van der Waals surface area (Å²) in [6.07, 6.45) is 2.64. The Bertz CT molecular complexity index is 635. The van der Waals surface area contributed by atoms with Crippen molar-refractivity contribution in [2.24, 2.45) is 0 Å². The molecule has 0 amide bonds. The van der Waals surface area contributed by atoms with Gasteiger partial charge in [-0.2, -0.15) is 0 Å². The van der Waals surface area contributed by atoms with Gasteiger partial charge in [-0.05, 0) is 49.1 Å². The van der Waals surface area contributed by atoms with E-state index >= 15 is 0 Å². The lowest BCUT2D eigenvalue weighted by Gasteiger charge is -2.25. The number of aryl methyl sites for hydroxylation is 1. The van der Waals surface area contributed by atoms with Crippen LogP contribution in [-0.2, 0) is 6.54 Å². The molecule has 2 nitrogen and oxygen atoms in total. The number of hydrogen-bond acceptors (Lipinski definition) is 2. The van der Waals surface area contributed by atoms with Gasteiger partial charge in [-0.1, -0.05) is 40.2 Å². The van der Waals surface area contributed by atoms with E-state index in [4.69, 9.17) is 0 Å². The maximum absolute atomic E-state index is 3.61. The molecule has 2 aromatic rings. The van der Waals surface area contributed by atoms with Crippen molar-refractivity contribution in [3.8, 4) is 0 Å². The van der Waals surface area contributed by atoms with Crippen LogP contribution < -0.4 is 10.2 Å². The standard InChI is InChI=1S/C18H21BrN2/c1-13-5-3-4-6-17(13)21(2)18-11-15(19)8-7-14(18)12-20-16-9-10-16/h3-8,11,16,20H,9-10,12H2,1-2H3. The first-order chi connectivity index (χ1) is 10.1. The summed E-state index contributed by atoms with van der Waals surface area (Å²) in [5.41, 5.74) is 5.15. The van der Waals surface area contributed by atoms with Crippen molar-refractivity contribution in [3.63, 3.8) is 0 Å². The number of hydrogen-bond donors (Lipinski definition) is 1. The first kappa shape index (κ1) is 14.6. The quantitative estimate of drug-likeness (QED) is 0.839. The molecule has 0 radical (unpaired) electrons. The van der Waals surface area contributed by atoms with Gasteiger partial charge in [0.05, 0.1) is 0 Å². The summed E-state index contributed by atoms with van der Waals surface area (Å²) >= 11 is 3.60. The molecule has 0 spiro atoms.